The maximum Gasteiger partial charge on any atom is 0.0476 e. The van der Waals surface area contributed by atoms with Gasteiger partial charge in [0.05, 0.1) is 0 Å². The lowest BCUT2D eigenvalue weighted by atomic mass is 10.2. The topological polar surface area (TPSA) is 21.3 Å². The van der Waals surface area contributed by atoms with Gasteiger partial charge >= 0.3 is 0 Å². The molecule has 0 aliphatic carbocycles. The minimum absolute atomic E-state index is 0.557. The highest BCUT2D eigenvalue weighted by Gasteiger charge is 2.00. The summed E-state index contributed by atoms with van der Waals surface area (Å²) in [6, 6.07) is 2.76. The molecule has 0 radical (unpaired) electrons. The van der Waals surface area contributed by atoms with E-state index in [1.54, 1.807) is 18.4 Å². The molecular formula is C12H21NOS2. The van der Waals surface area contributed by atoms with Gasteiger partial charge in [-0.05, 0) is 35.7 Å². The number of rotatable bonds is 9. The summed E-state index contributed by atoms with van der Waals surface area (Å²) in [6.45, 7) is 4.14. The molecule has 1 aromatic heterocycles. The number of ether oxygens (including phenoxy) is 1. The summed E-state index contributed by atoms with van der Waals surface area (Å²) < 4.78 is 5.04. The van der Waals surface area contributed by atoms with Gasteiger partial charge in [-0.2, -0.15) is 23.1 Å². The van der Waals surface area contributed by atoms with Crippen LogP contribution in [0.25, 0.3) is 0 Å². The van der Waals surface area contributed by atoms with E-state index >= 15 is 0 Å². The summed E-state index contributed by atoms with van der Waals surface area (Å²) in [4.78, 5) is 0. The number of methoxy groups -OCH3 is 1. The average molecular weight is 259 g/mol. The van der Waals surface area contributed by atoms with Crippen LogP contribution in [-0.4, -0.2) is 32.1 Å². The van der Waals surface area contributed by atoms with Crippen molar-refractivity contribution in [2.24, 2.45) is 0 Å². The van der Waals surface area contributed by atoms with Crippen molar-refractivity contribution in [1.29, 1.82) is 0 Å². The van der Waals surface area contributed by atoms with E-state index in [-0.39, 0.29) is 0 Å². The zero-order valence-corrected chi connectivity index (χ0v) is 11.7. The SMILES string of the molecule is COCCC(C)NCCSCc1ccsc1. The van der Waals surface area contributed by atoms with Crippen LogP contribution in [-0.2, 0) is 10.5 Å². The van der Waals surface area contributed by atoms with Gasteiger partial charge in [-0.15, -0.1) is 0 Å². The summed E-state index contributed by atoms with van der Waals surface area (Å²) >= 11 is 3.76. The molecule has 1 N–H and O–H groups in total. The van der Waals surface area contributed by atoms with Crippen molar-refractivity contribution in [1.82, 2.24) is 5.32 Å². The highest BCUT2D eigenvalue weighted by atomic mass is 32.2. The third-order valence-corrected chi connectivity index (χ3v) is 4.11. The molecule has 16 heavy (non-hydrogen) atoms. The Morgan fingerprint density at radius 1 is 1.56 bits per heavy atom. The second-order valence-electron chi connectivity index (χ2n) is 3.82. The first-order valence-corrected chi connectivity index (χ1v) is 7.74. The Hall–Kier alpha value is -0.0300. The van der Waals surface area contributed by atoms with Crippen LogP contribution in [0.15, 0.2) is 16.8 Å². The lowest BCUT2D eigenvalue weighted by molar-refractivity contribution is 0.185. The van der Waals surface area contributed by atoms with Gasteiger partial charge < -0.3 is 10.1 Å². The van der Waals surface area contributed by atoms with E-state index < -0.39 is 0 Å². The highest BCUT2D eigenvalue weighted by Crippen LogP contribution is 2.14. The third kappa shape index (κ3) is 6.53. The van der Waals surface area contributed by atoms with Gasteiger partial charge in [0.1, 0.15) is 0 Å². The molecule has 0 saturated carbocycles. The Kier molecular flexibility index (Phi) is 7.93. The quantitative estimate of drug-likeness (QED) is 0.689. The summed E-state index contributed by atoms with van der Waals surface area (Å²) in [5.41, 5.74) is 1.45. The number of thiophene rings is 1. The van der Waals surface area contributed by atoms with Crippen molar-refractivity contribution < 1.29 is 4.74 Å². The third-order valence-electron chi connectivity index (χ3n) is 2.34. The van der Waals surface area contributed by atoms with E-state index in [4.69, 9.17) is 4.74 Å². The maximum absolute atomic E-state index is 5.04. The molecule has 0 aliphatic heterocycles. The zero-order chi connectivity index (χ0) is 11.6. The van der Waals surface area contributed by atoms with Gasteiger partial charge in [-0.3, -0.25) is 0 Å². The van der Waals surface area contributed by atoms with Crippen LogP contribution in [0.2, 0.25) is 0 Å². The largest absolute Gasteiger partial charge is 0.385 e. The molecule has 1 heterocycles. The van der Waals surface area contributed by atoms with Crippen LogP contribution in [0.4, 0.5) is 0 Å². The van der Waals surface area contributed by atoms with E-state index in [0.717, 1.165) is 25.3 Å². The molecule has 0 aromatic carbocycles. The summed E-state index contributed by atoms with van der Waals surface area (Å²) in [5.74, 6) is 2.31. The van der Waals surface area contributed by atoms with Gasteiger partial charge in [-0.1, -0.05) is 0 Å². The van der Waals surface area contributed by atoms with Crippen molar-refractivity contribution in [3.05, 3.63) is 22.4 Å². The van der Waals surface area contributed by atoms with Crippen molar-refractivity contribution in [2.75, 3.05) is 26.0 Å². The standard InChI is InChI=1S/C12H21NOS2/c1-11(3-6-14-2)13-5-8-16-10-12-4-7-15-9-12/h4,7,9,11,13H,3,5-6,8,10H2,1-2H3. The molecule has 0 amide bonds. The number of nitrogens with one attached hydrogen (secondary N) is 1. The monoisotopic (exact) mass is 259 g/mol. The molecule has 2 nitrogen and oxygen atoms in total. The fourth-order valence-corrected chi connectivity index (χ4v) is 2.93. The summed E-state index contributed by atoms with van der Waals surface area (Å²) in [6.07, 6.45) is 1.09. The predicted octanol–water partition coefficient (Wildman–Crippen LogP) is 3.00. The van der Waals surface area contributed by atoms with E-state index in [0.29, 0.717) is 6.04 Å². The van der Waals surface area contributed by atoms with Gasteiger partial charge in [-0.25, -0.2) is 0 Å². The van der Waals surface area contributed by atoms with E-state index in [9.17, 15) is 0 Å². The van der Waals surface area contributed by atoms with Crippen LogP contribution >= 0.6 is 23.1 Å². The Bertz CT molecular complexity index is 252. The molecule has 0 fully saturated rings. The molecule has 0 bridgehead atoms. The first kappa shape index (κ1) is 14.0. The van der Waals surface area contributed by atoms with Crippen molar-refractivity contribution in [2.45, 2.75) is 25.1 Å². The summed E-state index contributed by atoms with van der Waals surface area (Å²) in [7, 11) is 1.75. The predicted molar refractivity (Wildman–Crippen MR) is 74.4 cm³/mol. The Labute approximate surface area is 107 Å². The fourth-order valence-electron chi connectivity index (χ4n) is 1.34. The maximum atomic E-state index is 5.04. The number of hydrogen-bond acceptors (Lipinski definition) is 4. The van der Waals surface area contributed by atoms with Crippen LogP contribution in [0, 0.1) is 0 Å². The van der Waals surface area contributed by atoms with Crippen molar-refractivity contribution >= 4 is 23.1 Å². The van der Waals surface area contributed by atoms with Crippen LogP contribution in [0.5, 0.6) is 0 Å². The zero-order valence-electron chi connectivity index (χ0n) is 10.1. The van der Waals surface area contributed by atoms with Crippen LogP contribution in [0.1, 0.15) is 18.9 Å². The van der Waals surface area contributed by atoms with Crippen LogP contribution in [0.3, 0.4) is 0 Å². The average Bonchev–Trinajstić information content (AvgIpc) is 2.79. The summed E-state index contributed by atoms with van der Waals surface area (Å²) in [5, 5.41) is 7.86. The number of thioether (sulfide) groups is 1. The van der Waals surface area contributed by atoms with Gasteiger partial charge in [0.2, 0.25) is 0 Å². The Morgan fingerprint density at radius 3 is 3.12 bits per heavy atom. The van der Waals surface area contributed by atoms with Gasteiger partial charge in [0.25, 0.3) is 0 Å². The van der Waals surface area contributed by atoms with E-state index in [2.05, 4.69) is 29.1 Å². The van der Waals surface area contributed by atoms with Crippen molar-refractivity contribution in [3.8, 4) is 0 Å². The first-order valence-electron chi connectivity index (χ1n) is 5.64. The van der Waals surface area contributed by atoms with E-state index in [1.807, 2.05) is 11.8 Å². The first-order chi connectivity index (χ1) is 7.83. The second kappa shape index (κ2) is 9.05. The minimum Gasteiger partial charge on any atom is -0.385 e. The molecule has 0 aliphatic rings. The molecule has 1 aromatic rings. The molecule has 92 valence electrons. The molecule has 4 heteroatoms. The molecule has 1 unspecified atom stereocenters. The van der Waals surface area contributed by atoms with Crippen molar-refractivity contribution in [3.63, 3.8) is 0 Å². The Morgan fingerprint density at radius 2 is 2.44 bits per heavy atom. The second-order valence-corrected chi connectivity index (χ2v) is 5.71. The lowest BCUT2D eigenvalue weighted by Gasteiger charge is -2.12. The Balaban J connectivity index is 1.91. The lowest BCUT2D eigenvalue weighted by Crippen LogP contribution is -2.29. The smallest absolute Gasteiger partial charge is 0.0476 e. The van der Waals surface area contributed by atoms with Gasteiger partial charge in [0.15, 0.2) is 0 Å². The highest BCUT2D eigenvalue weighted by molar-refractivity contribution is 7.98. The molecule has 1 atom stereocenters. The van der Waals surface area contributed by atoms with E-state index in [1.165, 1.54) is 11.3 Å². The normalized spacial score (nSPS) is 12.9. The molecular weight excluding hydrogens is 238 g/mol. The minimum atomic E-state index is 0.557. The molecule has 1 rings (SSSR count). The van der Waals surface area contributed by atoms with Gasteiger partial charge in [0, 0.05) is 37.8 Å². The fraction of sp³-hybridized carbons (Fsp3) is 0.667. The van der Waals surface area contributed by atoms with Crippen LogP contribution < -0.4 is 5.32 Å². The number of hydrogen-bond donors (Lipinski definition) is 1. The molecule has 0 saturated heterocycles. The molecule has 0 spiro atoms.